The van der Waals surface area contributed by atoms with Crippen LogP contribution in [-0.2, 0) is 4.79 Å². The molecule has 0 aliphatic carbocycles. The number of hydrogen-bond acceptors (Lipinski definition) is 2. The van der Waals surface area contributed by atoms with E-state index in [9.17, 15) is 4.79 Å². The molecular formula is C15H31NO2. The molecule has 0 heterocycles. The number of rotatable bonds is 13. The molecule has 0 rings (SSSR count). The van der Waals surface area contributed by atoms with E-state index in [0.717, 1.165) is 6.42 Å². The van der Waals surface area contributed by atoms with Crippen LogP contribution in [0.5, 0.6) is 0 Å². The normalized spacial score (nSPS) is 10.6. The minimum absolute atomic E-state index is 0.131. The molecule has 0 atom stereocenters. The Labute approximate surface area is 112 Å². The summed E-state index contributed by atoms with van der Waals surface area (Å²) in [6.07, 6.45) is 12.8. The van der Waals surface area contributed by atoms with Crippen LogP contribution < -0.4 is 5.32 Å². The quantitative estimate of drug-likeness (QED) is 0.497. The van der Waals surface area contributed by atoms with E-state index in [-0.39, 0.29) is 12.5 Å². The number of aliphatic hydroxyl groups is 1. The van der Waals surface area contributed by atoms with Crippen molar-refractivity contribution in [2.24, 2.45) is 0 Å². The van der Waals surface area contributed by atoms with Crippen molar-refractivity contribution in [2.45, 2.75) is 77.6 Å². The maximum atomic E-state index is 11.3. The van der Waals surface area contributed by atoms with Crippen LogP contribution in [-0.4, -0.2) is 24.2 Å². The predicted octanol–water partition coefficient (Wildman–Crippen LogP) is 3.41. The predicted molar refractivity (Wildman–Crippen MR) is 76.6 cm³/mol. The molecule has 0 saturated carbocycles. The van der Waals surface area contributed by atoms with Gasteiger partial charge in [0.15, 0.2) is 0 Å². The van der Waals surface area contributed by atoms with Crippen molar-refractivity contribution >= 4 is 5.91 Å². The lowest BCUT2D eigenvalue weighted by molar-refractivity contribution is -0.121. The van der Waals surface area contributed by atoms with Crippen LogP contribution in [0.1, 0.15) is 77.6 Å². The highest BCUT2D eigenvalue weighted by Gasteiger charge is 1.99. The number of carbonyl (C=O) groups excluding carboxylic acids is 1. The van der Waals surface area contributed by atoms with Gasteiger partial charge in [-0.3, -0.25) is 4.79 Å². The largest absolute Gasteiger partial charge is 0.396 e. The van der Waals surface area contributed by atoms with Crippen molar-refractivity contribution in [1.82, 2.24) is 5.32 Å². The van der Waals surface area contributed by atoms with Gasteiger partial charge in [0, 0.05) is 19.6 Å². The Morgan fingerprint density at radius 2 is 1.44 bits per heavy atom. The Hall–Kier alpha value is -0.570. The van der Waals surface area contributed by atoms with E-state index >= 15 is 0 Å². The molecule has 0 aliphatic rings. The van der Waals surface area contributed by atoms with Gasteiger partial charge in [-0.2, -0.15) is 0 Å². The molecule has 0 aliphatic heterocycles. The molecule has 18 heavy (non-hydrogen) atoms. The second kappa shape index (κ2) is 14.5. The third-order valence-corrected chi connectivity index (χ3v) is 3.16. The van der Waals surface area contributed by atoms with Gasteiger partial charge in [0.05, 0.1) is 0 Å². The summed E-state index contributed by atoms with van der Waals surface area (Å²) in [4.78, 5) is 11.3. The van der Waals surface area contributed by atoms with Gasteiger partial charge in [-0.05, 0) is 12.8 Å². The summed E-state index contributed by atoms with van der Waals surface area (Å²) < 4.78 is 0. The van der Waals surface area contributed by atoms with Crippen molar-refractivity contribution < 1.29 is 9.90 Å². The lowest BCUT2D eigenvalue weighted by Crippen LogP contribution is -2.24. The molecule has 0 unspecified atom stereocenters. The van der Waals surface area contributed by atoms with E-state index < -0.39 is 0 Å². The van der Waals surface area contributed by atoms with Crippen LogP contribution in [0.25, 0.3) is 0 Å². The van der Waals surface area contributed by atoms with E-state index in [2.05, 4.69) is 12.2 Å². The van der Waals surface area contributed by atoms with Gasteiger partial charge in [-0.15, -0.1) is 0 Å². The number of unbranched alkanes of at least 4 members (excludes halogenated alkanes) is 8. The molecule has 0 saturated heterocycles. The highest BCUT2D eigenvalue weighted by molar-refractivity contribution is 5.75. The lowest BCUT2D eigenvalue weighted by Gasteiger charge is -2.04. The van der Waals surface area contributed by atoms with Crippen molar-refractivity contribution in [1.29, 1.82) is 0 Å². The summed E-state index contributed by atoms with van der Waals surface area (Å²) in [5.41, 5.74) is 0. The third kappa shape index (κ3) is 13.5. The number of hydrogen-bond donors (Lipinski definition) is 2. The number of amides is 1. The standard InChI is InChI=1S/C15H31NO2/c1-2-3-4-5-6-7-8-9-10-12-15(18)16-13-11-14-17/h17H,2-14H2,1H3,(H,16,18). The molecular weight excluding hydrogens is 226 g/mol. The molecule has 108 valence electrons. The summed E-state index contributed by atoms with van der Waals surface area (Å²) in [6, 6.07) is 0. The number of aliphatic hydroxyl groups excluding tert-OH is 1. The fourth-order valence-corrected chi connectivity index (χ4v) is 1.99. The molecule has 0 bridgehead atoms. The number of carbonyl (C=O) groups is 1. The summed E-state index contributed by atoms with van der Waals surface area (Å²) in [7, 11) is 0. The highest BCUT2D eigenvalue weighted by atomic mass is 16.3. The highest BCUT2D eigenvalue weighted by Crippen LogP contribution is 2.10. The minimum Gasteiger partial charge on any atom is -0.396 e. The Morgan fingerprint density at radius 1 is 0.889 bits per heavy atom. The first-order valence-corrected chi connectivity index (χ1v) is 7.68. The smallest absolute Gasteiger partial charge is 0.219 e. The van der Waals surface area contributed by atoms with Crippen LogP contribution in [0, 0.1) is 0 Å². The summed E-state index contributed by atoms with van der Waals surface area (Å²) in [6.45, 7) is 3.00. The third-order valence-electron chi connectivity index (χ3n) is 3.16. The second-order valence-corrected chi connectivity index (χ2v) is 5.01. The Bertz CT molecular complexity index is 183. The molecule has 3 heteroatoms. The van der Waals surface area contributed by atoms with Crippen LogP contribution in [0.4, 0.5) is 0 Å². The first-order chi connectivity index (χ1) is 8.81. The Balaban J connectivity index is 3.08. The first kappa shape index (κ1) is 17.4. The average molecular weight is 257 g/mol. The molecule has 3 nitrogen and oxygen atoms in total. The second-order valence-electron chi connectivity index (χ2n) is 5.01. The zero-order chi connectivity index (χ0) is 13.5. The fraction of sp³-hybridized carbons (Fsp3) is 0.933. The molecule has 0 aromatic heterocycles. The van der Waals surface area contributed by atoms with Crippen LogP contribution in [0.15, 0.2) is 0 Å². The summed E-state index contributed by atoms with van der Waals surface area (Å²) in [5.74, 6) is 0.131. The fourth-order valence-electron chi connectivity index (χ4n) is 1.99. The average Bonchev–Trinajstić information content (AvgIpc) is 2.37. The molecule has 1 amide bonds. The van der Waals surface area contributed by atoms with E-state index in [0.29, 0.717) is 19.4 Å². The molecule has 0 radical (unpaired) electrons. The van der Waals surface area contributed by atoms with Crippen molar-refractivity contribution in [3.63, 3.8) is 0 Å². The van der Waals surface area contributed by atoms with Crippen molar-refractivity contribution in [2.75, 3.05) is 13.2 Å². The molecule has 0 spiro atoms. The van der Waals surface area contributed by atoms with E-state index in [1.165, 1.54) is 51.4 Å². The summed E-state index contributed by atoms with van der Waals surface area (Å²) >= 11 is 0. The molecule has 0 aromatic carbocycles. The zero-order valence-corrected chi connectivity index (χ0v) is 12.0. The monoisotopic (exact) mass is 257 g/mol. The summed E-state index contributed by atoms with van der Waals surface area (Å²) in [5, 5.41) is 11.4. The van der Waals surface area contributed by atoms with Gasteiger partial charge in [-0.1, -0.05) is 58.3 Å². The topological polar surface area (TPSA) is 49.3 Å². The zero-order valence-electron chi connectivity index (χ0n) is 12.0. The Morgan fingerprint density at radius 3 is 2.00 bits per heavy atom. The first-order valence-electron chi connectivity index (χ1n) is 7.68. The van der Waals surface area contributed by atoms with Gasteiger partial charge in [-0.25, -0.2) is 0 Å². The minimum atomic E-state index is 0.131. The Kier molecular flexibility index (Phi) is 14.0. The number of nitrogens with one attached hydrogen (secondary N) is 1. The molecule has 2 N–H and O–H groups in total. The SMILES string of the molecule is CCCCCCCCCCCC(=O)NCCCO. The van der Waals surface area contributed by atoms with Gasteiger partial charge in [0.1, 0.15) is 0 Å². The molecule has 0 aromatic rings. The van der Waals surface area contributed by atoms with E-state index in [4.69, 9.17) is 5.11 Å². The van der Waals surface area contributed by atoms with Crippen LogP contribution in [0.2, 0.25) is 0 Å². The maximum Gasteiger partial charge on any atom is 0.219 e. The van der Waals surface area contributed by atoms with Gasteiger partial charge in [0.25, 0.3) is 0 Å². The lowest BCUT2D eigenvalue weighted by atomic mass is 10.1. The van der Waals surface area contributed by atoms with Crippen molar-refractivity contribution in [3.8, 4) is 0 Å². The van der Waals surface area contributed by atoms with Crippen LogP contribution in [0.3, 0.4) is 0 Å². The van der Waals surface area contributed by atoms with E-state index in [1.807, 2.05) is 0 Å². The van der Waals surface area contributed by atoms with Gasteiger partial charge < -0.3 is 10.4 Å². The van der Waals surface area contributed by atoms with Crippen LogP contribution >= 0.6 is 0 Å². The van der Waals surface area contributed by atoms with Crippen molar-refractivity contribution in [3.05, 3.63) is 0 Å². The maximum absolute atomic E-state index is 11.3. The van der Waals surface area contributed by atoms with Gasteiger partial charge in [0.2, 0.25) is 5.91 Å². The van der Waals surface area contributed by atoms with Gasteiger partial charge >= 0.3 is 0 Å². The van der Waals surface area contributed by atoms with E-state index in [1.54, 1.807) is 0 Å². The molecule has 0 fully saturated rings.